The highest BCUT2D eigenvalue weighted by Gasteiger charge is 2.47. The lowest BCUT2D eigenvalue weighted by Gasteiger charge is -2.41. The van der Waals surface area contributed by atoms with Crippen molar-refractivity contribution in [1.82, 2.24) is 5.32 Å². The fourth-order valence-electron chi connectivity index (χ4n) is 9.35. The Labute approximate surface area is 429 Å². The van der Waals surface area contributed by atoms with Crippen molar-refractivity contribution in [1.29, 1.82) is 0 Å². The topological polar surface area (TPSA) is 175 Å². The van der Waals surface area contributed by atoms with E-state index in [1.807, 2.05) is 6.08 Å². The first-order valence-electron chi connectivity index (χ1n) is 29.6. The quantitative estimate of drug-likeness (QED) is 0.0195. The Morgan fingerprint density at radius 3 is 1.39 bits per heavy atom. The van der Waals surface area contributed by atoms with Crippen LogP contribution < -0.4 is 5.32 Å². The minimum atomic E-state index is -1.61. The molecule has 1 heterocycles. The molecule has 1 saturated heterocycles. The summed E-state index contributed by atoms with van der Waals surface area (Å²) in [4.78, 5) is 26.4. The molecular formula is C59H111NO10. The molecule has 0 aromatic carbocycles. The molecule has 1 aliphatic rings. The Bertz CT molecular complexity index is 1230. The number of hydrogen-bond donors (Lipinski definition) is 6. The van der Waals surface area contributed by atoms with Crippen molar-refractivity contribution in [3.05, 3.63) is 24.3 Å². The molecule has 412 valence electrons. The van der Waals surface area contributed by atoms with Gasteiger partial charge in [-0.2, -0.15) is 0 Å². The van der Waals surface area contributed by atoms with Crippen molar-refractivity contribution in [2.75, 3.05) is 13.2 Å². The average Bonchev–Trinajstić information content (AvgIpc) is 3.36. The number of hydrogen-bond acceptors (Lipinski definition) is 10. The van der Waals surface area contributed by atoms with Gasteiger partial charge in [-0.15, -0.1) is 0 Å². The first-order chi connectivity index (χ1) is 34.2. The lowest BCUT2D eigenvalue weighted by molar-refractivity contribution is -0.305. The molecule has 1 fully saturated rings. The van der Waals surface area contributed by atoms with E-state index in [1.54, 1.807) is 6.08 Å². The van der Waals surface area contributed by atoms with Crippen LogP contribution in [0.5, 0.6) is 0 Å². The average molecular weight is 995 g/mol. The van der Waals surface area contributed by atoms with Crippen LogP contribution in [0.4, 0.5) is 0 Å². The largest absolute Gasteiger partial charge is 0.454 e. The number of aliphatic hydroxyl groups is 5. The number of nitrogens with one attached hydrogen (secondary N) is 1. The minimum absolute atomic E-state index is 0.128. The third kappa shape index (κ3) is 36.1. The van der Waals surface area contributed by atoms with Crippen LogP contribution in [0.2, 0.25) is 0 Å². The van der Waals surface area contributed by atoms with Crippen molar-refractivity contribution in [2.45, 2.75) is 327 Å². The lowest BCUT2D eigenvalue weighted by Crippen LogP contribution is -2.61. The molecule has 1 amide bonds. The SMILES string of the molecule is CCCCCCCC/C=C/CCCCCCCCC(O)C(=O)NC(COC1OC(CO)C(O)C(O)C1OC(=O)CCCCCCCCCCCCCCC)C(O)/C=C/CCCCCCCCCCCC. The van der Waals surface area contributed by atoms with Crippen molar-refractivity contribution in [2.24, 2.45) is 0 Å². The highest BCUT2D eigenvalue weighted by atomic mass is 16.7. The zero-order valence-electron chi connectivity index (χ0n) is 45.4. The van der Waals surface area contributed by atoms with Crippen LogP contribution in [0, 0.1) is 0 Å². The second-order valence-electron chi connectivity index (χ2n) is 20.7. The van der Waals surface area contributed by atoms with Gasteiger partial charge in [0.15, 0.2) is 12.4 Å². The fraction of sp³-hybridized carbons (Fsp3) is 0.898. The van der Waals surface area contributed by atoms with Crippen molar-refractivity contribution in [3.63, 3.8) is 0 Å². The molecule has 0 aromatic rings. The fourth-order valence-corrected chi connectivity index (χ4v) is 9.35. The van der Waals surface area contributed by atoms with Crippen LogP contribution in [0.3, 0.4) is 0 Å². The van der Waals surface area contributed by atoms with E-state index in [2.05, 4.69) is 38.2 Å². The summed E-state index contributed by atoms with van der Waals surface area (Å²) in [6.45, 7) is 5.78. The molecule has 0 aromatic heterocycles. The monoisotopic (exact) mass is 994 g/mol. The number of carbonyl (C=O) groups excluding carboxylic acids is 2. The summed E-state index contributed by atoms with van der Waals surface area (Å²) in [5.74, 6) is -1.19. The zero-order valence-corrected chi connectivity index (χ0v) is 45.4. The minimum Gasteiger partial charge on any atom is -0.454 e. The first kappa shape index (κ1) is 66.2. The molecule has 1 aliphatic heterocycles. The van der Waals surface area contributed by atoms with Gasteiger partial charge in [-0.25, -0.2) is 0 Å². The third-order valence-electron chi connectivity index (χ3n) is 14.1. The molecule has 0 saturated carbocycles. The van der Waals surface area contributed by atoms with Gasteiger partial charge in [0.25, 0.3) is 0 Å². The van der Waals surface area contributed by atoms with Crippen LogP contribution in [-0.2, 0) is 23.8 Å². The number of amides is 1. The highest BCUT2D eigenvalue weighted by Crippen LogP contribution is 2.26. The molecule has 0 aliphatic carbocycles. The van der Waals surface area contributed by atoms with E-state index in [0.29, 0.717) is 12.8 Å². The van der Waals surface area contributed by atoms with Crippen molar-refractivity contribution in [3.8, 4) is 0 Å². The van der Waals surface area contributed by atoms with E-state index in [1.165, 1.54) is 161 Å². The maximum Gasteiger partial charge on any atom is 0.306 e. The Hall–Kier alpha value is -1.86. The number of unbranched alkanes of at least 4 members (excludes halogenated alkanes) is 34. The number of rotatable bonds is 50. The van der Waals surface area contributed by atoms with Crippen molar-refractivity contribution < 1.29 is 49.3 Å². The smallest absolute Gasteiger partial charge is 0.306 e. The van der Waals surface area contributed by atoms with Crippen LogP contribution in [-0.4, -0.2) is 99.6 Å². The number of ether oxygens (including phenoxy) is 3. The molecule has 0 spiro atoms. The predicted octanol–water partition coefficient (Wildman–Crippen LogP) is 13.3. The van der Waals surface area contributed by atoms with Crippen LogP contribution in [0.25, 0.3) is 0 Å². The van der Waals surface area contributed by atoms with E-state index in [9.17, 15) is 35.1 Å². The summed E-state index contributed by atoms with van der Waals surface area (Å²) in [7, 11) is 0. The molecule has 8 atom stereocenters. The zero-order chi connectivity index (χ0) is 51.1. The first-order valence-corrected chi connectivity index (χ1v) is 29.6. The van der Waals surface area contributed by atoms with Gasteiger partial charge in [0.05, 0.1) is 25.4 Å². The molecule has 6 N–H and O–H groups in total. The van der Waals surface area contributed by atoms with Gasteiger partial charge in [-0.3, -0.25) is 9.59 Å². The second-order valence-corrected chi connectivity index (χ2v) is 20.7. The predicted molar refractivity (Wildman–Crippen MR) is 288 cm³/mol. The number of aliphatic hydroxyl groups excluding tert-OH is 5. The summed E-state index contributed by atoms with van der Waals surface area (Å²) < 4.78 is 17.6. The van der Waals surface area contributed by atoms with Gasteiger partial charge in [-0.1, -0.05) is 244 Å². The molecule has 8 unspecified atom stereocenters. The molecule has 11 nitrogen and oxygen atoms in total. The standard InChI is InChI=1S/C59H111NO10/c1-4-7-10-13-16-19-22-25-26-27-29-31-34-37-40-43-46-52(63)58(67)60-50(51(62)45-42-39-36-33-30-24-21-18-15-12-9-6-3)49-68-59-57(56(66)55(65)53(48-61)69-59)70-54(64)47-44-41-38-35-32-28-23-20-17-14-11-8-5-2/h25-26,42,45,50-53,55-57,59,61-63,65-66H,4-24,27-41,43-44,46-49H2,1-3H3,(H,60,67)/b26-25+,45-42+. The molecular weight excluding hydrogens is 883 g/mol. The van der Waals surface area contributed by atoms with Crippen LogP contribution in [0.15, 0.2) is 24.3 Å². The maximum absolute atomic E-state index is 13.4. The van der Waals surface area contributed by atoms with Gasteiger partial charge in [0.2, 0.25) is 5.91 Å². The molecule has 0 radical (unpaired) electrons. The highest BCUT2D eigenvalue weighted by molar-refractivity contribution is 5.80. The van der Waals surface area contributed by atoms with Gasteiger partial charge >= 0.3 is 5.97 Å². The summed E-state index contributed by atoms with van der Waals surface area (Å²) >= 11 is 0. The molecule has 1 rings (SSSR count). The van der Waals surface area contributed by atoms with E-state index in [-0.39, 0.29) is 19.4 Å². The second kappa shape index (κ2) is 48.1. The number of carbonyl (C=O) groups is 2. The van der Waals surface area contributed by atoms with Crippen LogP contribution in [0.1, 0.15) is 278 Å². The molecule has 11 heteroatoms. The maximum atomic E-state index is 13.4. The van der Waals surface area contributed by atoms with Gasteiger partial charge in [-0.05, 0) is 51.4 Å². The van der Waals surface area contributed by atoms with E-state index < -0.39 is 67.4 Å². The normalized spacial score (nSPS) is 19.8. The number of allylic oxidation sites excluding steroid dienone is 3. The molecule has 70 heavy (non-hydrogen) atoms. The lowest BCUT2D eigenvalue weighted by atomic mass is 9.99. The van der Waals surface area contributed by atoms with Crippen LogP contribution >= 0.6 is 0 Å². The van der Waals surface area contributed by atoms with Gasteiger partial charge in [0.1, 0.15) is 24.4 Å². The number of esters is 1. The summed E-state index contributed by atoms with van der Waals surface area (Å²) in [5.41, 5.74) is 0. The Morgan fingerprint density at radius 1 is 0.543 bits per heavy atom. The van der Waals surface area contributed by atoms with Gasteiger partial charge < -0.3 is 45.1 Å². The van der Waals surface area contributed by atoms with Gasteiger partial charge in [0, 0.05) is 6.42 Å². The Morgan fingerprint density at radius 2 is 0.943 bits per heavy atom. The van der Waals surface area contributed by atoms with Crippen molar-refractivity contribution >= 4 is 11.9 Å². The molecule has 0 bridgehead atoms. The summed E-state index contributed by atoms with van der Waals surface area (Å²) in [6.07, 6.45) is 43.6. The summed E-state index contributed by atoms with van der Waals surface area (Å²) in [6, 6.07) is -1.02. The summed E-state index contributed by atoms with van der Waals surface area (Å²) in [5, 5.41) is 56.8. The Kier molecular flexibility index (Phi) is 45.5. The third-order valence-corrected chi connectivity index (χ3v) is 14.1. The van der Waals surface area contributed by atoms with E-state index in [4.69, 9.17) is 14.2 Å². The van der Waals surface area contributed by atoms with E-state index in [0.717, 1.165) is 70.6 Å². The Balaban J connectivity index is 2.72. The van der Waals surface area contributed by atoms with E-state index >= 15 is 0 Å².